The van der Waals surface area contributed by atoms with Gasteiger partial charge in [-0.3, -0.25) is 4.79 Å². The molecule has 0 saturated carbocycles. The predicted molar refractivity (Wildman–Crippen MR) is 76.4 cm³/mol. The number of quaternary nitrogens is 1. The van der Waals surface area contributed by atoms with E-state index in [1.165, 1.54) is 5.56 Å². The predicted octanol–water partition coefficient (Wildman–Crippen LogP) is 1.24. The van der Waals surface area contributed by atoms with Crippen LogP contribution in [-0.2, 0) is 20.8 Å². The molecule has 0 aromatic heterocycles. The van der Waals surface area contributed by atoms with Gasteiger partial charge in [-0.05, 0) is 30.4 Å². The number of esters is 1. The highest BCUT2D eigenvalue weighted by Gasteiger charge is 2.16. The zero-order chi connectivity index (χ0) is 15.8. The van der Waals surface area contributed by atoms with Crippen LogP contribution < -0.4 is 5.39 Å². The van der Waals surface area contributed by atoms with E-state index in [9.17, 15) is 10.0 Å². The monoisotopic (exact) mass is 297 g/mol. The van der Waals surface area contributed by atoms with E-state index < -0.39 is 5.39 Å². The molecule has 0 heterocycles. The van der Waals surface area contributed by atoms with Crippen LogP contribution in [0, 0.1) is 11.1 Å². The van der Waals surface area contributed by atoms with Gasteiger partial charge >= 0.3 is 5.97 Å². The molecule has 0 fully saturated rings. The Bertz CT molecular complexity index is 430. The standard InChI is InChI=1S/C15H23NO5/c1-11(2)10-13-4-6-14(7-5-13)12(3)15(17)20-8-9-21-16(18)19/h4-7,11-12,16,18H,8-10H2,1-3H3/t12-/m0/s1. The first-order valence-electron chi connectivity index (χ1n) is 7.01. The first-order valence-corrected chi connectivity index (χ1v) is 7.01. The molecule has 0 spiro atoms. The van der Waals surface area contributed by atoms with E-state index in [4.69, 9.17) is 9.94 Å². The molecule has 1 aromatic rings. The van der Waals surface area contributed by atoms with Crippen LogP contribution in [0.3, 0.4) is 0 Å². The van der Waals surface area contributed by atoms with Gasteiger partial charge in [-0.15, -0.1) is 0 Å². The Morgan fingerprint density at radius 1 is 1.24 bits per heavy atom. The van der Waals surface area contributed by atoms with Crippen LogP contribution in [0.5, 0.6) is 0 Å². The molecule has 6 heteroatoms. The lowest BCUT2D eigenvalue weighted by Gasteiger charge is -2.14. The van der Waals surface area contributed by atoms with E-state index in [1.54, 1.807) is 6.92 Å². The largest absolute Gasteiger partial charge is 0.566 e. The van der Waals surface area contributed by atoms with Gasteiger partial charge in [0, 0.05) is 0 Å². The van der Waals surface area contributed by atoms with E-state index in [1.807, 2.05) is 24.3 Å². The quantitative estimate of drug-likeness (QED) is 0.428. The normalized spacial score (nSPS) is 14.0. The molecule has 0 radical (unpaired) electrons. The molecule has 0 aliphatic carbocycles. The molecular formula is C15H23NO5. The van der Waals surface area contributed by atoms with Crippen molar-refractivity contribution < 1.29 is 25.0 Å². The number of hydrogen-bond donors (Lipinski definition) is 2. The average molecular weight is 297 g/mol. The summed E-state index contributed by atoms with van der Waals surface area (Å²) in [6, 6.07) is 7.90. The Labute approximate surface area is 124 Å². The minimum Gasteiger partial charge on any atom is -0.566 e. The van der Waals surface area contributed by atoms with Crippen molar-refractivity contribution in [1.82, 2.24) is 0 Å². The van der Waals surface area contributed by atoms with Crippen LogP contribution in [0.25, 0.3) is 0 Å². The van der Waals surface area contributed by atoms with Crippen molar-refractivity contribution in [2.45, 2.75) is 33.1 Å². The zero-order valence-electron chi connectivity index (χ0n) is 12.7. The number of hydrogen-bond acceptors (Lipinski definition) is 5. The molecule has 0 aliphatic rings. The Morgan fingerprint density at radius 2 is 1.86 bits per heavy atom. The Balaban J connectivity index is 2.46. The topological polar surface area (TPSA) is 83.3 Å². The molecule has 1 unspecified atom stereocenters. The van der Waals surface area contributed by atoms with E-state index >= 15 is 0 Å². The molecule has 0 bridgehead atoms. The van der Waals surface area contributed by atoms with E-state index in [2.05, 4.69) is 18.7 Å². The third-order valence-electron chi connectivity index (χ3n) is 3.03. The van der Waals surface area contributed by atoms with Crippen molar-refractivity contribution in [2.75, 3.05) is 13.2 Å². The molecule has 1 aromatic carbocycles. The van der Waals surface area contributed by atoms with Crippen LogP contribution in [0.4, 0.5) is 0 Å². The summed E-state index contributed by atoms with van der Waals surface area (Å²) in [7, 11) is 0. The third kappa shape index (κ3) is 6.68. The number of carbonyl (C=O) groups is 1. The van der Waals surface area contributed by atoms with Gasteiger partial charge in [0.15, 0.2) is 0 Å². The maximum atomic E-state index is 11.8. The van der Waals surface area contributed by atoms with Crippen molar-refractivity contribution in [2.24, 2.45) is 5.92 Å². The summed E-state index contributed by atoms with van der Waals surface area (Å²) in [5.74, 6) is -0.184. The van der Waals surface area contributed by atoms with Gasteiger partial charge in [0.25, 0.3) is 0 Å². The van der Waals surface area contributed by atoms with E-state index in [0.717, 1.165) is 12.0 Å². The number of nitrogens with one attached hydrogen (secondary N) is 1. The minimum absolute atomic E-state index is 0.0685. The number of carbonyl (C=O) groups excluding carboxylic acids is 1. The van der Waals surface area contributed by atoms with Crippen LogP contribution in [0.15, 0.2) is 24.3 Å². The molecule has 0 saturated heterocycles. The lowest BCUT2D eigenvalue weighted by molar-refractivity contribution is -1.21. The van der Waals surface area contributed by atoms with Crippen LogP contribution in [0.1, 0.15) is 37.8 Å². The highest BCUT2D eigenvalue weighted by molar-refractivity contribution is 5.77. The molecule has 2 N–H and O–H groups in total. The Morgan fingerprint density at radius 3 is 2.38 bits per heavy atom. The maximum Gasteiger partial charge on any atom is 0.313 e. The Kier molecular flexibility index (Phi) is 7.31. The first kappa shape index (κ1) is 17.6. The van der Waals surface area contributed by atoms with Crippen molar-refractivity contribution in [1.29, 1.82) is 0 Å². The van der Waals surface area contributed by atoms with Gasteiger partial charge in [-0.1, -0.05) is 43.5 Å². The highest BCUT2D eigenvalue weighted by Crippen LogP contribution is 2.18. The van der Waals surface area contributed by atoms with Crippen molar-refractivity contribution in [3.63, 3.8) is 0 Å². The molecular weight excluding hydrogens is 274 g/mol. The summed E-state index contributed by atoms with van der Waals surface area (Å²) in [5.41, 5.74) is 2.12. The van der Waals surface area contributed by atoms with E-state index in [0.29, 0.717) is 5.92 Å². The summed E-state index contributed by atoms with van der Waals surface area (Å²) in [5, 5.41) is 17.1. The molecule has 0 amide bonds. The molecule has 0 aliphatic heterocycles. The smallest absolute Gasteiger partial charge is 0.313 e. The number of ether oxygens (including phenoxy) is 1. The second kappa shape index (κ2) is 8.74. The molecule has 2 atom stereocenters. The second-order valence-corrected chi connectivity index (χ2v) is 5.34. The molecule has 118 valence electrons. The minimum atomic E-state index is -1.38. The second-order valence-electron chi connectivity index (χ2n) is 5.34. The summed E-state index contributed by atoms with van der Waals surface area (Å²) >= 11 is 0. The zero-order valence-corrected chi connectivity index (χ0v) is 12.7. The van der Waals surface area contributed by atoms with Gasteiger partial charge in [-0.25, -0.2) is 0 Å². The third-order valence-corrected chi connectivity index (χ3v) is 3.03. The van der Waals surface area contributed by atoms with Gasteiger partial charge < -0.3 is 9.94 Å². The molecule has 6 nitrogen and oxygen atoms in total. The number of rotatable bonds is 8. The molecule has 1 rings (SSSR count). The average Bonchev–Trinajstić information content (AvgIpc) is 2.42. The Hall–Kier alpha value is -1.47. The van der Waals surface area contributed by atoms with Crippen molar-refractivity contribution in [3.05, 3.63) is 40.6 Å². The van der Waals surface area contributed by atoms with Crippen LogP contribution in [-0.4, -0.2) is 24.4 Å². The van der Waals surface area contributed by atoms with Crippen molar-refractivity contribution in [3.8, 4) is 0 Å². The SMILES string of the molecule is CC(C)Cc1ccc([C@H](C)C(=O)OCCO[NH+]([O-])O)cc1. The number of benzene rings is 1. The summed E-state index contributed by atoms with van der Waals surface area (Å²) in [6.45, 7) is 5.86. The van der Waals surface area contributed by atoms with Gasteiger partial charge in [0.2, 0.25) is 0 Å². The van der Waals surface area contributed by atoms with Gasteiger partial charge in [0.1, 0.15) is 13.2 Å². The summed E-state index contributed by atoms with van der Waals surface area (Å²) < 4.78 is 4.98. The fraction of sp³-hybridized carbons (Fsp3) is 0.533. The highest BCUT2D eigenvalue weighted by atomic mass is 17.1. The fourth-order valence-corrected chi connectivity index (χ4v) is 1.95. The summed E-state index contributed by atoms with van der Waals surface area (Å²) in [6.07, 6.45) is 1.01. The lowest BCUT2D eigenvalue weighted by Crippen LogP contribution is -3.03. The molecule has 21 heavy (non-hydrogen) atoms. The van der Waals surface area contributed by atoms with Crippen LogP contribution >= 0.6 is 0 Å². The maximum absolute atomic E-state index is 11.8. The van der Waals surface area contributed by atoms with E-state index in [-0.39, 0.29) is 25.1 Å². The van der Waals surface area contributed by atoms with Gasteiger partial charge in [0.05, 0.1) is 5.92 Å². The lowest BCUT2D eigenvalue weighted by atomic mass is 9.97. The summed E-state index contributed by atoms with van der Waals surface area (Å²) in [4.78, 5) is 16.1. The van der Waals surface area contributed by atoms with Crippen LogP contribution in [0.2, 0.25) is 0 Å². The fourth-order valence-electron chi connectivity index (χ4n) is 1.95. The van der Waals surface area contributed by atoms with Crippen molar-refractivity contribution >= 4 is 5.97 Å². The first-order chi connectivity index (χ1) is 9.90. The van der Waals surface area contributed by atoms with Gasteiger partial charge in [-0.2, -0.15) is 10.0 Å².